The van der Waals surface area contributed by atoms with Crippen molar-refractivity contribution >= 4 is 66.6 Å². The first-order valence-corrected chi connectivity index (χ1v) is 27.1. The number of fused-ring (bicyclic) bond motifs is 13. The minimum absolute atomic E-state index is 0.0360. The van der Waals surface area contributed by atoms with Crippen molar-refractivity contribution in [1.82, 2.24) is 9.13 Å². The lowest BCUT2D eigenvalue weighted by atomic mass is 9.33. The summed E-state index contributed by atoms with van der Waals surface area (Å²) in [7, 11) is 0. The van der Waals surface area contributed by atoms with Gasteiger partial charge in [-0.25, -0.2) is 0 Å². The van der Waals surface area contributed by atoms with Crippen LogP contribution >= 0.6 is 0 Å². The molecule has 0 unspecified atom stereocenters. The molecule has 3 aliphatic heterocycles. The zero-order valence-electron chi connectivity index (χ0n) is 45.1. The predicted molar refractivity (Wildman–Crippen MR) is 316 cm³/mol. The summed E-state index contributed by atoms with van der Waals surface area (Å²) in [6, 6.07) is 65.0. The van der Waals surface area contributed by atoms with E-state index in [9.17, 15) is 0 Å². The minimum atomic E-state index is -0.622. The van der Waals surface area contributed by atoms with Crippen molar-refractivity contribution in [3.63, 3.8) is 0 Å². The standard InChI is InChI=1S/C71H63BN2/c1-67(2,3)43-27-29-48-49-30-28-44(68(4,5)6)37-54(49)71(53(48)36-43)52-31-32-58-61-65(52)74-63-50(34-45(38-55(63)71)69(7,8)9)51-35-46(70(10,11)12)39-57(64(51)74)72(61)56-33-42-25-19-20-26-47(42)60-59(40-21-15-13-16-22-40)62(73(58)66(56)60)41-23-17-14-18-24-41/h13-39H,1-12H3. The van der Waals surface area contributed by atoms with Crippen LogP contribution in [0.25, 0.3) is 88.4 Å². The molecule has 9 aromatic carbocycles. The van der Waals surface area contributed by atoms with Gasteiger partial charge in [-0.1, -0.05) is 229 Å². The van der Waals surface area contributed by atoms with Crippen LogP contribution in [0.2, 0.25) is 0 Å². The van der Waals surface area contributed by atoms with Crippen LogP contribution < -0.4 is 16.4 Å². The van der Waals surface area contributed by atoms with E-state index in [0.717, 1.165) is 0 Å². The first kappa shape index (κ1) is 44.2. The van der Waals surface area contributed by atoms with Gasteiger partial charge in [-0.3, -0.25) is 0 Å². The average Bonchev–Trinajstić information content (AvgIpc) is 4.11. The Morgan fingerprint density at radius 1 is 0.392 bits per heavy atom. The van der Waals surface area contributed by atoms with Crippen LogP contribution in [0, 0.1) is 0 Å². The number of benzene rings is 9. The molecule has 15 rings (SSSR count). The molecule has 2 aromatic heterocycles. The predicted octanol–water partition coefficient (Wildman–Crippen LogP) is 16.2. The Balaban J connectivity index is 1.23. The summed E-state index contributed by atoms with van der Waals surface area (Å²) in [5, 5.41) is 6.64. The van der Waals surface area contributed by atoms with Gasteiger partial charge in [0.15, 0.2) is 0 Å². The lowest BCUT2D eigenvalue weighted by Crippen LogP contribution is -2.60. The number of aromatic nitrogens is 2. The lowest BCUT2D eigenvalue weighted by molar-refractivity contribution is 0.583. The lowest BCUT2D eigenvalue weighted by Gasteiger charge is -2.45. The van der Waals surface area contributed by atoms with Crippen LogP contribution in [0.15, 0.2) is 164 Å². The summed E-state index contributed by atoms with van der Waals surface area (Å²) >= 11 is 0. The number of nitrogens with zero attached hydrogens (tertiary/aromatic N) is 2. The highest BCUT2D eigenvalue weighted by atomic mass is 15.1. The molecular weight excluding hydrogens is 892 g/mol. The molecule has 1 spiro atoms. The fourth-order valence-corrected chi connectivity index (χ4v) is 14.4. The van der Waals surface area contributed by atoms with Crippen LogP contribution in [0.4, 0.5) is 0 Å². The van der Waals surface area contributed by atoms with Crippen LogP contribution in [0.3, 0.4) is 0 Å². The van der Waals surface area contributed by atoms with Crippen molar-refractivity contribution in [3.8, 4) is 44.9 Å². The average molecular weight is 955 g/mol. The van der Waals surface area contributed by atoms with Crippen molar-refractivity contribution in [2.24, 2.45) is 0 Å². The van der Waals surface area contributed by atoms with Crippen LogP contribution in [0.1, 0.15) is 128 Å². The number of rotatable bonds is 2. The van der Waals surface area contributed by atoms with Gasteiger partial charge in [0.2, 0.25) is 0 Å². The summed E-state index contributed by atoms with van der Waals surface area (Å²) in [6.07, 6.45) is 0. The summed E-state index contributed by atoms with van der Waals surface area (Å²) in [4.78, 5) is 0. The number of hydrogen-bond acceptors (Lipinski definition) is 0. The van der Waals surface area contributed by atoms with Gasteiger partial charge < -0.3 is 9.13 Å². The van der Waals surface area contributed by atoms with E-state index in [1.54, 1.807) is 0 Å². The Morgan fingerprint density at radius 2 is 0.919 bits per heavy atom. The Bertz CT molecular complexity index is 4260. The van der Waals surface area contributed by atoms with E-state index in [4.69, 9.17) is 0 Å². The first-order valence-electron chi connectivity index (χ1n) is 27.1. The SMILES string of the molecule is CC(C)(C)c1ccc2c(c1)C1(c3cc(C(C)(C)C)ccc3-2)c2ccc3c4c2-n2c5c(cc(C(C)(C)C)cc5c5cc(C(C)(C)C)cc1c52)B4c1cc2ccccc2c2c(-c4ccccc4)c(-c4ccccc4)n-3c12. The highest BCUT2D eigenvalue weighted by Gasteiger charge is 2.55. The molecule has 0 bridgehead atoms. The largest absolute Gasteiger partial charge is 0.310 e. The molecule has 2 nitrogen and oxygen atoms in total. The van der Waals surface area contributed by atoms with Gasteiger partial charge in [-0.05, 0) is 134 Å². The Morgan fingerprint density at radius 3 is 1.53 bits per heavy atom. The molecule has 11 aromatic rings. The fourth-order valence-electron chi connectivity index (χ4n) is 14.4. The van der Waals surface area contributed by atoms with Gasteiger partial charge in [-0.2, -0.15) is 0 Å². The Kier molecular flexibility index (Phi) is 8.39. The molecule has 0 radical (unpaired) electrons. The third kappa shape index (κ3) is 5.48. The van der Waals surface area contributed by atoms with Crippen molar-refractivity contribution < 1.29 is 0 Å². The third-order valence-electron chi connectivity index (χ3n) is 18.1. The molecular formula is C71H63BN2. The molecule has 4 aliphatic rings. The molecule has 0 amide bonds. The van der Waals surface area contributed by atoms with Crippen molar-refractivity contribution in [1.29, 1.82) is 0 Å². The first-order chi connectivity index (χ1) is 35.3. The van der Waals surface area contributed by atoms with Crippen LogP contribution in [0.5, 0.6) is 0 Å². The maximum Gasteiger partial charge on any atom is 0.252 e. The smallest absolute Gasteiger partial charge is 0.252 e. The zero-order chi connectivity index (χ0) is 50.9. The van der Waals surface area contributed by atoms with Gasteiger partial charge in [0, 0.05) is 38.6 Å². The maximum absolute atomic E-state index is 2.80. The minimum Gasteiger partial charge on any atom is -0.310 e. The normalized spacial score (nSPS) is 14.8. The Hall–Kier alpha value is -7.36. The monoisotopic (exact) mass is 955 g/mol. The summed E-state index contributed by atoms with van der Waals surface area (Å²) in [5.41, 5.74) is 28.8. The van der Waals surface area contributed by atoms with Gasteiger partial charge >= 0.3 is 0 Å². The summed E-state index contributed by atoms with van der Waals surface area (Å²) in [6.45, 7) is 28.7. The zero-order valence-corrected chi connectivity index (χ0v) is 45.1. The topological polar surface area (TPSA) is 9.86 Å². The molecule has 0 fully saturated rings. The van der Waals surface area contributed by atoms with E-state index in [0.29, 0.717) is 0 Å². The highest BCUT2D eigenvalue weighted by Crippen LogP contribution is 2.63. The highest BCUT2D eigenvalue weighted by molar-refractivity contribution is 7.00. The van der Waals surface area contributed by atoms with Crippen LogP contribution in [-0.4, -0.2) is 15.8 Å². The van der Waals surface area contributed by atoms with Gasteiger partial charge in [0.05, 0.1) is 22.1 Å². The molecule has 0 saturated carbocycles. The number of hydrogen-bond donors (Lipinski definition) is 0. The molecule has 5 heterocycles. The van der Waals surface area contributed by atoms with Crippen LogP contribution in [-0.2, 0) is 27.1 Å². The van der Waals surface area contributed by atoms with Crippen molar-refractivity contribution in [2.45, 2.75) is 110 Å². The molecule has 360 valence electrons. The second-order valence-corrected chi connectivity index (χ2v) is 26.5. The van der Waals surface area contributed by atoms with E-state index >= 15 is 0 Å². The molecule has 74 heavy (non-hydrogen) atoms. The molecule has 0 saturated heterocycles. The second-order valence-electron chi connectivity index (χ2n) is 26.5. The van der Waals surface area contributed by atoms with E-state index in [1.807, 2.05) is 0 Å². The van der Waals surface area contributed by atoms with Gasteiger partial charge in [0.25, 0.3) is 6.71 Å². The molecule has 3 heteroatoms. The molecule has 1 aliphatic carbocycles. The van der Waals surface area contributed by atoms with Crippen molar-refractivity contribution in [3.05, 3.63) is 208 Å². The van der Waals surface area contributed by atoms with E-state index in [-0.39, 0.29) is 28.4 Å². The van der Waals surface area contributed by atoms with E-state index in [1.165, 1.54) is 149 Å². The van der Waals surface area contributed by atoms with Gasteiger partial charge in [0.1, 0.15) is 0 Å². The molecule has 0 N–H and O–H groups in total. The van der Waals surface area contributed by atoms with E-state index in [2.05, 4.69) is 256 Å². The van der Waals surface area contributed by atoms with Gasteiger partial charge in [-0.15, -0.1) is 0 Å². The second kappa shape index (κ2) is 14.1. The molecule has 0 atom stereocenters. The summed E-state index contributed by atoms with van der Waals surface area (Å²) in [5.74, 6) is 0. The Labute approximate surface area is 436 Å². The quantitative estimate of drug-likeness (QED) is 0.153. The summed E-state index contributed by atoms with van der Waals surface area (Å²) < 4.78 is 5.52. The fraction of sp³-hybridized carbons (Fsp3) is 0.239. The maximum atomic E-state index is 2.80. The third-order valence-corrected chi connectivity index (χ3v) is 18.1. The van der Waals surface area contributed by atoms with E-state index < -0.39 is 5.41 Å². The van der Waals surface area contributed by atoms with Crippen molar-refractivity contribution in [2.75, 3.05) is 0 Å².